The molecule has 148 valence electrons. The Morgan fingerprint density at radius 1 is 1.07 bits per heavy atom. The van der Waals surface area contributed by atoms with E-state index in [-0.39, 0.29) is 0 Å². The van der Waals surface area contributed by atoms with Crippen LogP contribution in [0.1, 0.15) is 5.56 Å². The quantitative estimate of drug-likeness (QED) is 0.576. The van der Waals surface area contributed by atoms with E-state index in [1.54, 1.807) is 6.33 Å². The average molecular weight is 387 g/mol. The first-order valence-corrected chi connectivity index (χ1v) is 9.36. The largest absolute Gasteiger partial charge is 0.360 e. The van der Waals surface area contributed by atoms with Crippen molar-refractivity contribution in [1.82, 2.24) is 19.8 Å². The van der Waals surface area contributed by atoms with Gasteiger partial charge in [0.25, 0.3) is 0 Å². The zero-order valence-electron chi connectivity index (χ0n) is 17.1. The van der Waals surface area contributed by atoms with Gasteiger partial charge in [0.15, 0.2) is 0 Å². The highest BCUT2D eigenvalue weighted by Crippen LogP contribution is 2.26. The van der Waals surface area contributed by atoms with Gasteiger partial charge in [0.05, 0.1) is 11.3 Å². The second kappa shape index (κ2) is 9.09. The lowest BCUT2D eigenvalue weighted by Gasteiger charge is -2.24. The van der Waals surface area contributed by atoms with Gasteiger partial charge in [0, 0.05) is 42.5 Å². The highest BCUT2D eigenvalue weighted by atomic mass is 15.2. The summed E-state index contributed by atoms with van der Waals surface area (Å²) >= 11 is 0. The lowest BCUT2D eigenvalue weighted by Crippen LogP contribution is -2.30. The molecule has 6 nitrogen and oxygen atoms in total. The van der Waals surface area contributed by atoms with Crippen molar-refractivity contribution in [3.05, 3.63) is 66.8 Å². The SMILES string of the molecule is C#Cc1cccc(Nc2ncnc3ccc(NC(=C)N(C)CCN(C)C)cc23)c1. The number of fused-ring (bicyclic) bond motifs is 1. The molecule has 0 spiro atoms. The Kier molecular flexibility index (Phi) is 6.32. The Morgan fingerprint density at radius 3 is 2.66 bits per heavy atom. The molecule has 0 unspecified atom stereocenters. The molecule has 1 aromatic heterocycles. The van der Waals surface area contributed by atoms with Crippen molar-refractivity contribution in [2.45, 2.75) is 0 Å². The van der Waals surface area contributed by atoms with Crippen molar-refractivity contribution in [3.63, 3.8) is 0 Å². The van der Waals surface area contributed by atoms with Crippen molar-refractivity contribution in [3.8, 4) is 12.3 Å². The maximum absolute atomic E-state index is 5.50. The number of likely N-dealkylation sites (N-methyl/N-ethyl adjacent to an activating group) is 2. The van der Waals surface area contributed by atoms with Crippen LogP contribution in [0.3, 0.4) is 0 Å². The van der Waals surface area contributed by atoms with Gasteiger partial charge in [-0.1, -0.05) is 18.6 Å². The van der Waals surface area contributed by atoms with Crippen molar-refractivity contribution in [1.29, 1.82) is 0 Å². The smallest absolute Gasteiger partial charge is 0.141 e. The molecule has 0 amide bonds. The minimum Gasteiger partial charge on any atom is -0.360 e. The van der Waals surface area contributed by atoms with E-state index in [9.17, 15) is 0 Å². The molecule has 1 heterocycles. The van der Waals surface area contributed by atoms with E-state index >= 15 is 0 Å². The van der Waals surface area contributed by atoms with Gasteiger partial charge < -0.3 is 20.4 Å². The van der Waals surface area contributed by atoms with Gasteiger partial charge in [-0.25, -0.2) is 9.97 Å². The van der Waals surface area contributed by atoms with Crippen molar-refractivity contribution in [2.24, 2.45) is 0 Å². The van der Waals surface area contributed by atoms with Gasteiger partial charge in [-0.3, -0.25) is 0 Å². The summed E-state index contributed by atoms with van der Waals surface area (Å²) in [5, 5.41) is 7.62. The number of nitrogens with zero attached hydrogens (tertiary/aromatic N) is 4. The standard InChI is InChI=1S/C23H26N6/c1-6-18-8-7-9-19(14-18)27-23-21-15-20(10-11-22(21)24-16-25-23)26-17(2)29(5)13-12-28(3)4/h1,7-11,14-16,26H,2,12-13H2,3-5H3,(H,24,25,27). The first kappa shape index (κ1) is 20.2. The number of benzene rings is 2. The highest BCUT2D eigenvalue weighted by molar-refractivity contribution is 5.93. The number of nitrogens with one attached hydrogen (secondary N) is 2. The summed E-state index contributed by atoms with van der Waals surface area (Å²) in [5.74, 6) is 4.20. The number of anilines is 3. The predicted octanol–water partition coefficient (Wildman–Crippen LogP) is 3.73. The topological polar surface area (TPSA) is 56.3 Å². The Hall–Kier alpha value is -3.56. The van der Waals surface area contributed by atoms with Crippen molar-refractivity contribution in [2.75, 3.05) is 44.9 Å². The minimum atomic E-state index is 0.722. The third kappa shape index (κ3) is 5.24. The maximum atomic E-state index is 5.50. The summed E-state index contributed by atoms with van der Waals surface area (Å²) in [6, 6.07) is 13.7. The fourth-order valence-corrected chi connectivity index (χ4v) is 2.80. The molecular formula is C23H26N6. The molecule has 2 N–H and O–H groups in total. The van der Waals surface area contributed by atoms with Crippen molar-refractivity contribution < 1.29 is 0 Å². The first-order valence-electron chi connectivity index (χ1n) is 9.36. The number of hydrogen-bond acceptors (Lipinski definition) is 6. The summed E-state index contributed by atoms with van der Waals surface area (Å²) in [7, 11) is 6.14. The number of hydrogen-bond donors (Lipinski definition) is 2. The third-order valence-corrected chi connectivity index (χ3v) is 4.56. The predicted molar refractivity (Wildman–Crippen MR) is 121 cm³/mol. The van der Waals surface area contributed by atoms with E-state index in [4.69, 9.17) is 6.42 Å². The lowest BCUT2D eigenvalue weighted by molar-refractivity contribution is 0.328. The summed E-state index contributed by atoms with van der Waals surface area (Å²) in [6.07, 6.45) is 7.06. The zero-order chi connectivity index (χ0) is 20.8. The summed E-state index contributed by atoms with van der Waals surface area (Å²) < 4.78 is 0. The molecule has 0 bridgehead atoms. The molecule has 0 aliphatic rings. The zero-order valence-corrected chi connectivity index (χ0v) is 17.1. The third-order valence-electron chi connectivity index (χ3n) is 4.56. The average Bonchev–Trinajstić information content (AvgIpc) is 2.72. The summed E-state index contributed by atoms with van der Waals surface area (Å²) in [6.45, 7) is 5.98. The molecule has 0 aliphatic heterocycles. The molecule has 3 aromatic rings. The van der Waals surface area contributed by atoms with E-state index in [0.717, 1.165) is 52.6 Å². The molecule has 0 atom stereocenters. The van der Waals surface area contributed by atoms with Crippen LogP contribution in [0.15, 0.2) is 61.2 Å². The van der Waals surface area contributed by atoms with E-state index in [1.807, 2.05) is 49.5 Å². The fourth-order valence-electron chi connectivity index (χ4n) is 2.80. The van der Waals surface area contributed by atoms with Gasteiger partial charge in [0.1, 0.15) is 12.1 Å². The second-order valence-corrected chi connectivity index (χ2v) is 7.10. The van der Waals surface area contributed by atoms with Gasteiger partial charge in [0.2, 0.25) is 0 Å². The number of rotatable bonds is 8. The summed E-state index contributed by atoms with van der Waals surface area (Å²) in [4.78, 5) is 13.0. The van der Waals surface area contributed by atoms with E-state index in [0.29, 0.717) is 0 Å². The van der Waals surface area contributed by atoms with Crippen LogP contribution in [0.25, 0.3) is 10.9 Å². The van der Waals surface area contributed by atoms with Crippen LogP contribution in [-0.4, -0.2) is 54.0 Å². The Bertz CT molecular complexity index is 1050. The van der Waals surface area contributed by atoms with E-state index in [1.165, 1.54) is 0 Å². The van der Waals surface area contributed by atoms with Gasteiger partial charge in [-0.2, -0.15) is 0 Å². The Morgan fingerprint density at radius 2 is 1.90 bits per heavy atom. The van der Waals surface area contributed by atoms with Gasteiger partial charge >= 0.3 is 0 Å². The molecule has 0 saturated heterocycles. The van der Waals surface area contributed by atoms with Crippen LogP contribution in [-0.2, 0) is 0 Å². The summed E-state index contributed by atoms with van der Waals surface area (Å²) in [5.41, 5.74) is 3.47. The van der Waals surface area contributed by atoms with Gasteiger partial charge in [-0.05, 0) is 50.5 Å². The second-order valence-electron chi connectivity index (χ2n) is 7.10. The van der Waals surface area contributed by atoms with Crippen LogP contribution >= 0.6 is 0 Å². The first-order chi connectivity index (χ1) is 14.0. The molecular weight excluding hydrogens is 360 g/mol. The van der Waals surface area contributed by atoms with Crippen LogP contribution in [0.2, 0.25) is 0 Å². The maximum Gasteiger partial charge on any atom is 0.141 e. The van der Waals surface area contributed by atoms with Crippen molar-refractivity contribution >= 4 is 28.1 Å². The number of terminal acetylenes is 1. The Balaban J connectivity index is 1.82. The van der Waals surface area contributed by atoms with Crippen LogP contribution < -0.4 is 10.6 Å². The normalized spacial score (nSPS) is 10.6. The molecule has 0 fully saturated rings. The molecule has 0 saturated carbocycles. The van der Waals surface area contributed by atoms with E-state index in [2.05, 4.69) is 57.0 Å². The van der Waals surface area contributed by atoms with E-state index < -0.39 is 0 Å². The fraction of sp³-hybridized carbons (Fsp3) is 0.217. The minimum absolute atomic E-state index is 0.722. The lowest BCUT2D eigenvalue weighted by atomic mass is 10.2. The molecule has 2 aromatic carbocycles. The molecule has 0 radical (unpaired) electrons. The molecule has 6 heteroatoms. The Labute approximate surface area is 172 Å². The van der Waals surface area contributed by atoms with Crippen LogP contribution in [0.5, 0.6) is 0 Å². The monoisotopic (exact) mass is 386 g/mol. The van der Waals surface area contributed by atoms with Crippen LogP contribution in [0.4, 0.5) is 17.2 Å². The molecule has 0 aliphatic carbocycles. The van der Waals surface area contributed by atoms with Gasteiger partial charge in [-0.15, -0.1) is 6.42 Å². The van der Waals surface area contributed by atoms with Crippen LogP contribution in [0, 0.1) is 12.3 Å². The molecule has 3 rings (SSSR count). The number of aromatic nitrogens is 2. The highest BCUT2D eigenvalue weighted by Gasteiger charge is 2.08. The molecule has 29 heavy (non-hydrogen) atoms.